The Kier molecular flexibility index (Phi) is 4.75. The fourth-order valence-corrected chi connectivity index (χ4v) is 3.05. The van der Waals surface area contributed by atoms with E-state index in [2.05, 4.69) is 16.7 Å². The first kappa shape index (κ1) is 15.3. The first-order valence-corrected chi connectivity index (χ1v) is 7.54. The number of aryl methyl sites for hydroxylation is 2. The van der Waals surface area contributed by atoms with E-state index in [1.807, 2.05) is 26.0 Å². The van der Waals surface area contributed by atoms with Crippen LogP contribution in [0.3, 0.4) is 0 Å². The van der Waals surface area contributed by atoms with Crippen molar-refractivity contribution in [1.29, 1.82) is 0 Å². The Bertz CT molecular complexity index is 656. The molecule has 1 aromatic heterocycles. The maximum absolute atomic E-state index is 12.1. The molecule has 0 saturated heterocycles. The van der Waals surface area contributed by atoms with Crippen LogP contribution in [-0.4, -0.2) is 18.9 Å². The lowest BCUT2D eigenvalue weighted by atomic mass is 10.0. The van der Waals surface area contributed by atoms with Crippen molar-refractivity contribution in [1.82, 2.24) is 5.32 Å². The van der Waals surface area contributed by atoms with Crippen molar-refractivity contribution < 1.29 is 9.59 Å². The molecule has 0 radical (unpaired) electrons. The van der Waals surface area contributed by atoms with Crippen molar-refractivity contribution >= 4 is 28.2 Å². The summed E-state index contributed by atoms with van der Waals surface area (Å²) in [6.45, 7) is 4.02. The molecule has 0 bridgehead atoms. The smallest absolute Gasteiger partial charge is 0.254 e. The number of anilines is 1. The number of carbonyl (C=O) groups excluding carboxylic acids is 2. The van der Waals surface area contributed by atoms with Crippen molar-refractivity contribution in [2.75, 3.05) is 12.4 Å². The molecule has 0 spiro atoms. The van der Waals surface area contributed by atoms with Gasteiger partial charge >= 0.3 is 0 Å². The van der Waals surface area contributed by atoms with Gasteiger partial charge in [-0.15, -0.1) is 11.3 Å². The highest BCUT2D eigenvalue weighted by Gasteiger charge is 2.14. The summed E-state index contributed by atoms with van der Waals surface area (Å²) in [6.07, 6.45) is 0.299. The molecule has 2 amide bonds. The fourth-order valence-electron chi connectivity index (χ4n) is 2.25. The van der Waals surface area contributed by atoms with E-state index in [1.54, 1.807) is 18.5 Å². The summed E-state index contributed by atoms with van der Waals surface area (Å²) in [5.74, 6) is -0.314. The predicted octanol–water partition coefficient (Wildman–Crippen LogP) is 2.91. The van der Waals surface area contributed by atoms with E-state index in [0.717, 1.165) is 16.7 Å². The zero-order valence-corrected chi connectivity index (χ0v) is 13.1. The summed E-state index contributed by atoms with van der Waals surface area (Å²) < 4.78 is 0. The second kappa shape index (κ2) is 6.54. The van der Waals surface area contributed by atoms with Gasteiger partial charge in [-0.2, -0.15) is 0 Å². The van der Waals surface area contributed by atoms with Gasteiger partial charge in [0.2, 0.25) is 5.91 Å². The predicted molar refractivity (Wildman–Crippen MR) is 86.0 cm³/mol. The number of benzene rings is 1. The third kappa shape index (κ3) is 3.92. The maximum Gasteiger partial charge on any atom is 0.254 e. The minimum absolute atomic E-state index is 0.118. The molecule has 21 heavy (non-hydrogen) atoms. The number of hydrogen-bond donors (Lipinski definition) is 2. The molecule has 2 rings (SSSR count). The highest BCUT2D eigenvalue weighted by molar-refractivity contribution is 7.14. The molecular formula is C16H18N2O2S. The van der Waals surface area contributed by atoms with E-state index in [-0.39, 0.29) is 11.8 Å². The highest BCUT2D eigenvalue weighted by Crippen LogP contribution is 2.23. The molecule has 110 valence electrons. The van der Waals surface area contributed by atoms with E-state index < -0.39 is 0 Å². The second-order valence-corrected chi connectivity index (χ2v) is 5.88. The lowest BCUT2D eigenvalue weighted by Gasteiger charge is -2.07. The first-order chi connectivity index (χ1) is 9.99. The highest BCUT2D eigenvalue weighted by atomic mass is 32.1. The van der Waals surface area contributed by atoms with Gasteiger partial charge in [0.1, 0.15) is 5.00 Å². The quantitative estimate of drug-likeness (QED) is 0.912. The van der Waals surface area contributed by atoms with Gasteiger partial charge in [0, 0.05) is 7.05 Å². The van der Waals surface area contributed by atoms with Crippen LogP contribution in [0, 0.1) is 13.8 Å². The van der Waals surface area contributed by atoms with Crippen LogP contribution in [0.25, 0.3) is 0 Å². The average Bonchev–Trinajstić information content (AvgIpc) is 2.84. The van der Waals surface area contributed by atoms with Crippen LogP contribution in [-0.2, 0) is 11.2 Å². The molecule has 1 aromatic carbocycles. The number of amides is 2. The van der Waals surface area contributed by atoms with Crippen LogP contribution in [0.2, 0.25) is 0 Å². The Morgan fingerprint density at radius 2 is 1.81 bits per heavy atom. The Balaban J connectivity index is 2.08. The number of nitrogens with one attached hydrogen (secondary N) is 2. The summed E-state index contributed by atoms with van der Waals surface area (Å²) in [5.41, 5.74) is 3.75. The van der Waals surface area contributed by atoms with E-state index in [0.29, 0.717) is 17.0 Å². The maximum atomic E-state index is 12.1. The molecule has 0 saturated carbocycles. The Morgan fingerprint density at radius 1 is 1.14 bits per heavy atom. The topological polar surface area (TPSA) is 58.2 Å². The van der Waals surface area contributed by atoms with Crippen LogP contribution in [0.5, 0.6) is 0 Å². The van der Waals surface area contributed by atoms with Gasteiger partial charge in [-0.25, -0.2) is 0 Å². The summed E-state index contributed by atoms with van der Waals surface area (Å²) in [5, 5.41) is 7.75. The molecule has 2 aromatic rings. The zero-order chi connectivity index (χ0) is 15.4. The van der Waals surface area contributed by atoms with Crippen molar-refractivity contribution in [2.24, 2.45) is 0 Å². The van der Waals surface area contributed by atoms with Crippen molar-refractivity contribution in [3.63, 3.8) is 0 Å². The first-order valence-electron chi connectivity index (χ1n) is 6.66. The number of thiophene rings is 1. The largest absolute Gasteiger partial charge is 0.355 e. The van der Waals surface area contributed by atoms with Gasteiger partial charge in [-0.3, -0.25) is 9.59 Å². The third-order valence-electron chi connectivity index (χ3n) is 3.04. The molecule has 0 atom stereocenters. The average molecular weight is 302 g/mol. The van der Waals surface area contributed by atoms with Gasteiger partial charge in [-0.1, -0.05) is 29.3 Å². The number of carbonyl (C=O) groups is 2. The van der Waals surface area contributed by atoms with E-state index >= 15 is 0 Å². The summed E-state index contributed by atoms with van der Waals surface area (Å²) >= 11 is 1.35. The second-order valence-electron chi connectivity index (χ2n) is 4.96. The molecular weight excluding hydrogens is 284 g/mol. The van der Waals surface area contributed by atoms with Gasteiger partial charge < -0.3 is 10.6 Å². The molecule has 0 unspecified atom stereocenters. The Hall–Kier alpha value is -2.14. The van der Waals surface area contributed by atoms with Crippen LogP contribution in [0.1, 0.15) is 27.0 Å². The van der Waals surface area contributed by atoms with Crippen molar-refractivity contribution in [3.05, 3.63) is 51.9 Å². The Morgan fingerprint density at radius 3 is 2.43 bits per heavy atom. The summed E-state index contributed by atoms with van der Waals surface area (Å²) in [4.78, 5) is 23.8. The molecule has 4 nitrogen and oxygen atoms in total. The monoisotopic (exact) mass is 302 g/mol. The van der Waals surface area contributed by atoms with Crippen LogP contribution < -0.4 is 10.6 Å². The number of hydrogen-bond acceptors (Lipinski definition) is 3. The van der Waals surface area contributed by atoms with Crippen LogP contribution in [0.15, 0.2) is 29.6 Å². The van der Waals surface area contributed by atoms with Gasteiger partial charge in [-0.05, 0) is 30.9 Å². The van der Waals surface area contributed by atoms with Gasteiger partial charge in [0.15, 0.2) is 0 Å². The Labute approximate surface area is 128 Å². The van der Waals surface area contributed by atoms with Crippen molar-refractivity contribution in [2.45, 2.75) is 20.3 Å². The third-order valence-corrected chi connectivity index (χ3v) is 3.87. The van der Waals surface area contributed by atoms with Crippen LogP contribution in [0.4, 0.5) is 5.00 Å². The van der Waals surface area contributed by atoms with Crippen molar-refractivity contribution in [3.8, 4) is 0 Å². The van der Waals surface area contributed by atoms with Gasteiger partial charge in [0.05, 0.1) is 12.0 Å². The zero-order valence-electron chi connectivity index (χ0n) is 12.3. The van der Waals surface area contributed by atoms with E-state index in [1.165, 1.54) is 11.3 Å². The number of rotatable bonds is 4. The molecule has 0 aliphatic heterocycles. The lowest BCUT2D eigenvalue weighted by molar-refractivity contribution is -0.115. The molecule has 1 heterocycles. The lowest BCUT2D eigenvalue weighted by Crippen LogP contribution is -2.20. The molecule has 5 heteroatoms. The van der Waals surface area contributed by atoms with E-state index in [4.69, 9.17) is 0 Å². The molecule has 0 aliphatic rings. The fraction of sp³-hybridized carbons (Fsp3) is 0.250. The normalized spacial score (nSPS) is 10.2. The summed E-state index contributed by atoms with van der Waals surface area (Å²) in [7, 11) is 1.57. The van der Waals surface area contributed by atoms with E-state index in [9.17, 15) is 9.59 Å². The SMILES string of the molecule is CNC(=O)c1ccsc1NC(=O)Cc1cc(C)cc(C)c1. The molecule has 0 fully saturated rings. The minimum atomic E-state index is -0.196. The summed E-state index contributed by atoms with van der Waals surface area (Å²) in [6, 6.07) is 7.78. The van der Waals surface area contributed by atoms with Gasteiger partial charge in [0.25, 0.3) is 5.91 Å². The standard InChI is InChI=1S/C16H18N2O2S/c1-10-6-11(2)8-12(7-10)9-14(19)18-16-13(4-5-21-16)15(20)17-3/h4-8H,9H2,1-3H3,(H,17,20)(H,18,19). The minimum Gasteiger partial charge on any atom is -0.355 e. The molecule has 2 N–H and O–H groups in total. The molecule has 0 aliphatic carbocycles. The van der Waals surface area contributed by atoms with Crippen LogP contribution >= 0.6 is 11.3 Å².